The number of rotatable bonds is 7. The fourth-order valence-corrected chi connectivity index (χ4v) is 6.00. The van der Waals surface area contributed by atoms with Gasteiger partial charge in [0.2, 0.25) is 10.0 Å². The number of halogens is 1. The van der Waals surface area contributed by atoms with E-state index in [1.807, 2.05) is 6.92 Å². The Morgan fingerprint density at radius 3 is 2.34 bits per heavy atom. The van der Waals surface area contributed by atoms with Crippen LogP contribution in [0.1, 0.15) is 41.6 Å². The molecule has 1 aliphatic rings. The molecule has 0 aliphatic carbocycles. The van der Waals surface area contributed by atoms with Gasteiger partial charge in [-0.1, -0.05) is 18.5 Å². The molecule has 1 fully saturated rings. The van der Waals surface area contributed by atoms with E-state index in [4.69, 9.17) is 20.4 Å². The smallest absolute Gasteiger partial charge is 0.254 e. The van der Waals surface area contributed by atoms with Crippen LogP contribution in [-0.2, 0) is 23.1 Å². The molecule has 2 aromatic heterocycles. The molecule has 1 amide bonds. The quantitative estimate of drug-likeness (QED) is 0.489. The van der Waals surface area contributed by atoms with Crippen molar-refractivity contribution < 1.29 is 22.0 Å². The van der Waals surface area contributed by atoms with Gasteiger partial charge >= 0.3 is 0 Å². The Hall–Kier alpha value is -2.55. The van der Waals surface area contributed by atoms with Crippen molar-refractivity contribution in [1.82, 2.24) is 9.21 Å². The van der Waals surface area contributed by atoms with Crippen molar-refractivity contribution in [2.45, 2.75) is 37.8 Å². The number of piperidine rings is 1. The fraction of sp³-hybridized carbons (Fsp3) is 0.348. The maximum atomic E-state index is 13.4. The number of amides is 1. The first kappa shape index (κ1) is 22.6. The SMILES string of the molecule is CC1CCCN(S(=O)(=O)c2cc(C(=O)N(Cc3ccco3)Cc3ccco3)ccc2Cl)C1. The number of carbonyl (C=O) groups excluding carboxylic acids is 1. The average molecular weight is 477 g/mol. The fourth-order valence-electron chi connectivity index (χ4n) is 3.90. The Kier molecular flexibility index (Phi) is 6.74. The molecule has 4 rings (SSSR count). The highest BCUT2D eigenvalue weighted by Crippen LogP contribution is 2.30. The van der Waals surface area contributed by atoms with Crippen molar-refractivity contribution in [3.05, 3.63) is 77.1 Å². The van der Waals surface area contributed by atoms with Gasteiger partial charge in [-0.25, -0.2) is 8.42 Å². The van der Waals surface area contributed by atoms with Gasteiger partial charge < -0.3 is 13.7 Å². The zero-order valence-corrected chi connectivity index (χ0v) is 19.3. The second kappa shape index (κ2) is 9.52. The number of benzene rings is 1. The third-order valence-corrected chi connectivity index (χ3v) is 7.90. The van der Waals surface area contributed by atoms with Crippen LogP contribution in [0.25, 0.3) is 0 Å². The molecule has 1 aliphatic heterocycles. The summed E-state index contributed by atoms with van der Waals surface area (Å²) in [4.78, 5) is 14.9. The molecular weight excluding hydrogens is 452 g/mol. The van der Waals surface area contributed by atoms with E-state index in [9.17, 15) is 13.2 Å². The predicted molar refractivity (Wildman–Crippen MR) is 120 cm³/mol. The van der Waals surface area contributed by atoms with Crippen LogP contribution in [-0.4, -0.2) is 36.6 Å². The monoisotopic (exact) mass is 476 g/mol. The summed E-state index contributed by atoms with van der Waals surface area (Å²) >= 11 is 6.29. The molecule has 9 heteroatoms. The standard InChI is InChI=1S/C23H25ClN2O5S/c1-17-5-2-10-26(14-17)32(28,29)22-13-18(8-9-21(22)24)23(27)25(15-19-6-3-11-30-19)16-20-7-4-12-31-20/h3-4,6-9,11-13,17H,2,5,10,14-16H2,1H3. The van der Waals surface area contributed by atoms with E-state index >= 15 is 0 Å². The van der Waals surface area contributed by atoms with Gasteiger partial charge in [0.05, 0.1) is 30.6 Å². The van der Waals surface area contributed by atoms with Crippen molar-refractivity contribution >= 4 is 27.5 Å². The van der Waals surface area contributed by atoms with Gasteiger partial charge in [0.15, 0.2) is 0 Å². The summed E-state index contributed by atoms with van der Waals surface area (Å²) in [6.07, 6.45) is 4.87. The van der Waals surface area contributed by atoms with Gasteiger partial charge in [0.1, 0.15) is 16.4 Å². The van der Waals surface area contributed by atoms with Gasteiger partial charge in [0, 0.05) is 18.7 Å². The van der Waals surface area contributed by atoms with Crippen molar-refractivity contribution in [2.75, 3.05) is 13.1 Å². The van der Waals surface area contributed by atoms with E-state index in [2.05, 4.69) is 0 Å². The molecule has 0 radical (unpaired) electrons. The minimum absolute atomic E-state index is 0.0462. The molecule has 1 unspecified atom stereocenters. The van der Waals surface area contributed by atoms with Gasteiger partial charge in [0.25, 0.3) is 5.91 Å². The lowest BCUT2D eigenvalue weighted by atomic mass is 10.0. The molecule has 0 N–H and O–H groups in total. The molecule has 1 saturated heterocycles. The van der Waals surface area contributed by atoms with E-state index in [0.717, 1.165) is 12.8 Å². The minimum atomic E-state index is -3.81. The van der Waals surface area contributed by atoms with Crippen LogP contribution >= 0.6 is 11.6 Å². The van der Waals surface area contributed by atoms with Crippen molar-refractivity contribution in [3.63, 3.8) is 0 Å². The van der Waals surface area contributed by atoms with E-state index < -0.39 is 10.0 Å². The molecule has 1 atom stereocenters. The summed E-state index contributed by atoms with van der Waals surface area (Å²) in [5, 5.41) is 0.100. The number of hydrogen-bond acceptors (Lipinski definition) is 5. The topological polar surface area (TPSA) is 84.0 Å². The third kappa shape index (κ3) is 4.92. The van der Waals surface area contributed by atoms with Gasteiger partial charge in [-0.15, -0.1) is 0 Å². The lowest BCUT2D eigenvalue weighted by molar-refractivity contribution is 0.0704. The van der Waals surface area contributed by atoms with E-state index in [1.54, 1.807) is 35.2 Å². The molecule has 0 spiro atoms. The van der Waals surface area contributed by atoms with Crippen LogP contribution < -0.4 is 0 Å². The van der Waals surface area contributed by atoms with E-state index in [0.29, 0.717) is 24.6 Å². The molecular formula is C23H25ClN2O5S. The Balaban J connectivity index is 1.64. The number of sulfonamides is 1. The van der Waals surface area contributed by atoms with Crippen LogP contribution in [0.15, 0.2) is 68.7 Å². The molecule has 1 aromatic carbocycles. The summed E-state index contributed by atoms with van der Waals surface area (Å²) in [5.74, 6) is 1.14. The number of hydrogen-bond donors (Lipinski definition) is 0. The Morgan fingerprint density at radius 2 is 1.78 bits per heavy atom. The lowest BCUT2D eigenvalue weighted by Crippen LogP contribution is -2.39. The van der Waals surface area contributed by atoms with Crippen LogP contribution in [0.5, 0.6) is 0 Å². The summed E-state index contributed by atoms with van der Waals surface area (Å²) < 4.78 is 38.9. The first-order valence-electron chi connectivity index (χ1n) is 10.5. The van der Waals surface area contributed by atoms with Crippen molar-refractivity contribution in [2.24, 2.45) is 5.92 Å². The van der Waals surface area contributed by atoms with E-state index in [-0.39, 0.29) is 40.4 Å². The first-order valence-corrected chi connectivity index (χ1v) is 12.3. The first-order chi connectivity index (χ1) is 15.3. The molecule has 170 valence electrons. The summed E-state index contributed by atoms with van der Waals surface area (Å²) in [5.41, 5.74) is 0.233. The number of nitrogens with zero attached hydrogens (tertiary/aromatic N) is 2. The van der Waals surface area contributed by atoms with Gasteiger partial charge in [-0.3, -0.25) is 4.79 Å². The summed E-state index contributed by atoms with van der Waals surface area (Å²) in [6, 6.07) is 11.4. The summed E-state index contributed by atoms with van der Waals surface area (Å²) in [6.45, 7) is 3.34. The molecule has 32 heavy (non-hydrogen) atoms. The molecule has 0 bridgehead atoms. The second-order valence-electron chi connectivity index (χ2n) is 8.08. The zero-order valence-electron chi connectivity index (χ0n) is 17.7. The van der Waals surface area contributed by atoms with Crippen LogP contribution in [0, 0.1) is 5.92 Å². The predicted octanol–water partition coefficient (Wildman–Crippen LogP) is 4.79. The van der Waals surface area contributed by atoms with Gasteiger partial charge in [-0.2, -0.15) is 4.31 Å². The summed E-state index contributed by atoms with van der Waals surface area (Å²) in [7, 11) is -3.81. The number of carbonyl (C=O) groups is 1. The normalized spacial score (nSPS) is 17.4. The maximum Gasteiger partial charge on any atom is 0.254 e. The second-order valence-corrected chi connectivity index (χ2v) is 10.4. The van der Waals surface area contributed by atoms with E-state index in [1.165, 1.54) is 29.0 Å². The highest BCUT2D eigenvalue weighted by Gasteiger charge is 2.31. The van der Waals surface area contributed by atoms with Crippen LogP contribution in [0.4, 0.5) is 0 Å². The largest absolute Gasteiger partial charge is 0.467 e. The lowest BCUT2D eigenvalue weighted by Gasteiger charge is -2.30. The maximum absolute atomic E-state index is 13.4. The Morgan fingerprint density at radius 1 is 1.12 bits per heavy atom. The molecule has 3 aromatic rings. The Labute approximate surface area is 192 Å². The molecule has 3 heterocycles. The zero-order chi connectivity index (χ0) is 22.7. The van der Waals surface area contributed by atoms with Crippen molar-refractivity contribution in [1.29, 1.82) is 0 Å². The number of furan rings is 2. The Bertz CT molecular complexity index is 1120. The highest BCUT2D eigenvalue weighted by molar-refractivity contribution is 7.89. The van der Waals surface area contributed by atoms with Crippen molar-refractivity contribution in [3.8, 4) is 0 Å². The molecule has 0 saturated carbocycles. The molecule has 7 nitrogen and oxygen atoms in total. The van der Waals surface area contributed by atoms with Crippen LogP contribution in [0.2, 0.25) is 5.02 Å². The average Bonchev–Trinajstić information content (AvgIpc) is 3.47. The third-order valence-electron chi connectivity index (χ3n) is 5.56. The highest BCUT2D eigenvalue weighted by atomic mass is 35.5. The van der Waals surface area contributed by atoms with Crippen LogP contribution in [0.3, 0.4) is 0 Å². The minimum Gasteiger partial charge on any atom is -0.467 e. The van der Waals surface area contributed by atoms with Gasteiger partial charge in [-0.05, 0) is 61.2 Å².